The van der Waals surface area contributed by atoms with E-state index in [2.05, 4.69) is 30.5 Å². The van der Waals surface area contributed by atoms with Gasteiger partial charge in [-0.3, -0.25) is 9.89 Å². The van der Waals surface area contributed by atoms with E-state index >= 15 is 0 Å². The molecule has 0 unspecified atom stereocenters. The summed E-state index contributed by atoms with van der Waals surface area (Å²) in [5.74, 6) is 2.22. The Morgan fingerprint density at radius 2 is 1.85 bits per heavy atom. The zero-order valence-corrected chi connectivity index (χ0v) is 18.9. The molecule has 0 spiro atoms. The number of aromatic nitrogens is 6. The molecule has 1 aliphatic heterocycles. The molecular weight excluding hydrogens is 437 g/mol. The van der Waals surface area contributed by atoms with Crippen LogP contribution in [0.2, 0.25) is 0 Å². The molecule has 4 aromatic heterocycles. The zero-order valence-electron chi connectivity index (χ0n) is 18.9. The van der Waals surface area contributed by atoms with Crippen LogP contribution >= 0.6 is 0 Å². The smallest absolute Gasteiger partial charge is 0.255 e. The van der Waals surface area contributed by atoms with E-state index in [0.29, 0.717) is 43.4 Å². The van der Waals surface area contributed by atoms with Gasteiger partial charge in [-0.2, -0.15) is 10.2 Å². The van der Waals surface area contributed by atoms with Gasteiger partial charge in [-0.05, 0) is 43.7 Å². The van der Waals surface area contributed by atoms with E-state index in [0.717, 1.165) is 29.1 Å². The van der Waals surface area contributed by atoms with Crippen molar-refractivity contribution < 1.29 is 9.18 Å². The van der Waals surface area contributed by atoms with Gasteiger partial charge in [0.05, 0.1) is 18.0 Å². The molecule has 0 aromatic carbocycles. The minimum atomic E-state index is -0.443. The Labute approximate surface area is 195 Å². The van der Waals surface area contributed by atoms with Crippen molar-refractivity contribution in [1.82, 2.24) is 34.8 Å². The predicted octanol–water partition coefficient (Wildman–Crippen LogP) is 2.85. The minimum Gasteiger partial charge on any atom is -0.353 e. The zero-order chi connectivity index (χ0) is 23.7. The fourth-order valence-electron chi connectivity index (χ4n) is 3.88. The first-order valence-electron chi connectivity index (χ1n) is 10.9. The van der Waals surface area contributed by atoms with Crippen LogP contribution < -0.4 is 10.2 Å². The Balaban J connectivity index is 1.22. The topological polar surface area (TPSA) is 108 Å². The van der Waals surface area contributed by atoms with Crippen molar-refractivity contribution in [2.24, 2.45) is 0 Å². The molecule has 4 aromatic rings. The second-order valence-corrected chi connectivity index (χ2v) is 8.24. The molecule has 1 fully saturated rings. The number of carbonyl (C=O) groups excluding carboxylic acids is 1. The average Bonchev–Trinajstić information content (AvgIpc) is 3.46. The molecule has 5 rings (SSSR count). The van der Waals surface area contributed by atoms with E-state index in [4.69, 9.17) is 4.98 Å². The molecule has 0 saturated carbocycles. The van der Waals surface area contributed by atoms with E-state index < -0.39 is 5.82 Å². The SMILES string of the molecule is Cc1cc(Nc2cc(C)[nH]n2)nc(N2CCN(C(=O)c3ccc(-n4cc(F)cn4)nc3)CC2)c1. The Bertz CT molecular complexity index is 1310. The second kappa shape index (κ2) is 8.93. The number of H-pyrrole nitrogens is 1. The van der Waals surface area contributed by atoms with E-state index in [1.807, 2.05) is 36.9 Å². The van der Waals surface area contributed by atoms with Crippen LogP contribution in [0.3, 0.4) is 0 Å². The molecule has 0 bridgehead atoms. The van der Waals surface area contributed by atoms with Crippen molar-refractivity contribution in [1.29, 1.82) is 0 Å². The van der Waals surface area contributed by atoms with Gasteiger partial charge in [0, 0.05) is 44.1 Å². The lowest BCUT2D eigenvalue weighted by atomic mass is 10.2. The monoisotopic (exact) mass is 461 g/mol. The summed E-state index contributed by atoms with van der Waals surface area (Å²) in [4.78, 5) is 25.9. The number of piperazine rings is 1. The van der Waals surface area contributed by atoms with Crippen LogP contribution in [0.25, 0.3) is 5.82 Å². The Hall–Kier alpha value is -4.28. The van der Waals surface area contributed by atoms with Crippen molar-refractivity contribution in [2.45, 2.75) is 13.8 Å². The largest absolute Gasteiger partial charge is 0.353 e. The number of carbonyl (C=O) groups is 1. The first-order valence-corrected chi connectivity index (χ1v) is 10.9. The first-order chi connectivity index (χ1) is 16.4. The highest BCUT2D eigenvalue weighted by Gasteiger charge is 2.23. The van der Waals surface area contributed by atoms with E-state index in [1.165, 1.54) is 17.1 Å². The average molecular weight is 462 g/mol. The van der Waals surface area contributed by atoms with Crippen molar-refractivity contribution in [2.75, 3.05) is 36.4 Å². The summed E-state index contributed by atoms with van der Waals surface area (Å²) in [6.07, 6.45) is 3.85. The van der Waals surface area contributed by atoms with Gasteiger partial charge in [-0.15, -0.1) is 0 Å². The summed E-state index contributed by atoms with van der Waals surface area (Å²) in [5, 5.41) is 14.2. The summed E-state index contributed by atoms with van der Waals surface area (Å²) in [5.41, 5.74) is 2.54. The van der Waals surface area contributed by atoms with Crippen LogP contribution in [-0.2, 0) is 0 Å². The number of nitrogens with one attached hydrogen (secondary N) is 2. The quantitative estimate of drug-likeness (QED) is 0.471. The Morgan fingerprint density at radius 1 is 1.03 bits per heavy atom. The van der Waals surface area contributed by atoms with Gasteiger partial charge in [0.2, 0.25) is 0 Å². The van der Waals surface area contributed by atoms with Gasteiger partial charge in [-0.25, -0.2) is 19.0 Å². The van der Waals surface area contributed by atoms with Crippen molar-refractivity contribution in [3.8, 4) is 5.82 Å². The number of amides is 1. The summed E-state index contributed by atoms with van der Waals surface area (Å²) in [6.45, 7) is 6.45. The highest BCUT2D eigenvalue weighted by Crippen LogP contribution is 2.22. The van der Waals surface area contributed by atoms with Crippen LogP contribution in [-0.4, -0.2) is 66.9 Å². The minimum absolute atomic E-state index is 0.0844. The van der Waals surface area contributed by atoms with Gasteiger partial charge in [0.1, 0.15) is 11.6 Å². The fraction of sp³-hybridized carbons (Fsp3) is 0.261. The second-order valence-electron chi connectivity index (χ2n) is 8.24. The number of nitrogens with zero attached hydrogens (tertiary/aromatic N) is 7. The van der Waals surface area contributed by atoms with Gasteiger partial charge in [0.15, 0.2) is 17.5 Å². The molecule has 1 saturated heterocycles. The third kappa shape index (κ3) is 4.58. The lowest BCUT2D eigenvalue weighted by molar-refractivity contribution is 0.0746. The molecule has 0 atom stereocenters. The lowest BCUT2D eigenvalue weighted by Crippen LogP contribution is -2.49. The molecule has 174 valence electrons. The number of pyridine rings is 2. The molecule has 11 heteroatoms. The number of hydrogen-bond donors (Lipinski definition) is 2. The molecule has 1 amide bonds. The third-order valence-electron chi connectivity index (χ3n) is 5.59. The molecule has 34 heavy (non-hydrogen) atoms. The highest BCUT2D eigenvalue weighted by atomic mass is 19.1. The van der Waals surface area contributed by atoms with Crippen LogP contribution in [0.5, 0.6) is 0 Å². The van der Waals surface area contributed by atoms with Crippen molar-refractivity contribution in [3.05, 3.63) is 71.6 Å². The number of hydrogen-bond acceptors (Lipinski definition) is 7. The van der Waals surface area contributed by atoms with E-state index in [9.17, 15) is 9.18 Å². The standard InChI is InChI=1S/C23H24FN9O/c1-15-9-19(27-20-11-16(2)29-30-20)28-22(10-15)31-5-7-32(8-6-31)23(34)17-3-4-21(25-12-17)33-14-18(24)13-26-33/h3-4,9-14H,5-8H2,1-2H3,(H2,27,28,29,30). The predicted molar refractivity (Wildman–Crippen MR) is 125 cm³/mol. The number of halogens is 1. The maximum atomic E-state index is 13.2. The number of aromatic amines is 1. The van der Waals surface area contributed by atoms with Crippen LogP contribution in [0.1, 0.15) is 21.6 Å². The van der Waals surface area contributed by atoms with Gasteiger partial charge >= 0.3 is 0 Å². The van der Waals surface area contributed by atoms with Crippen LogP contribution in [0, 0.1) is 19.7 Å². The summed E-state index contributed by atoms with van der Waals surface area (Å²) < 4.78 is 14.5. The first kappa shape index (κ1) is 21.6. The number of anilines is 3. The normalized spacial score (nSPS) is 13.9. The van der Waals surface area contributed by atoms with Gasteiger partial charge in [-0.1, -0.05) is 0 Å². The highest BCUT2D eigenvalue weighted by molar-refractivity contribution is 5.94. The lowest BCUT2D eigenvalue weighted by Gasteiger charge is -2.35. The fourth-order valence-corrected chi connectivity index (χ4v) is 3.88. The summed E-state index contributed by atoms with van der Waals surface area (Å²) in [7, 11) is 0. The van der Waals surface area contributed by atoms with E-state index in [1.54, 1.807) is 12.1 Å². The Morgan fingerprint density at radius 3 is 2.50 bits per heavy atom. The van der Waals surface area contributed by atoms with Crippen LogP contribution in [0.4, 0.5) is 21.8 Å². The van der Waals surface area contributed by atoms with Crippen molar-refractivity contribution >= 4 is 23.4 Å². The molecule has 1 aliphatic rings. The van der Waals surface area contributed by atoms with E-state index in [-0.39, 0.29) is 5.91 Å². The maximum Gasteiger partial charge on any atom is 0.255 e. The number of aryl methyl sites for hydroxylation is 2. The summed E-state index contributed by atoms with van der Waals surface area (Å²) >= 11 is 0. The molecule has 5 heterocycles. The van der Waals surface area contributed by atoms with Crippen molar-refractivity contribution in [3.63, 3.8) is 0 Å². The molecular formula is C23H24FN9O. The molecule has 0 aliphatic carbocycles. The van der Waals surface area contributed by atoms with Gasteiger partial charge in [0.25, 0.3) is 5.91 Å². The summed E-state index contributed by atoms with van der Waals surface area (Å²) in [6, 6.07) is 9.28. The van der Waals surface area contributed by atoms with Gasteiger partial charge < -0.3 is 15.1 Å². The molecule has 10 nitrogen and oxygen atoms in total. The molecule has 2 N–H and O–H groups in total. The molecule has 0 radical (unpaired) electrons. The third-order valence-corrected chi connectivity index (χ3v) is 5.59. The maximum absolute atomic E-state index is 13.2. The number of rotatable bonds is 5. The van der Waals surface area contributed by atoms with Crippen LogP contribution in [0.15, 0.2) is 48.9 Å². The Kier molecular flexibility index (Phi) is 5.66.